The van der Waals surface area contributed by atoms with Crippen LogP contribution in [-0.2, 0) is 0 Å². The number of nitrogens with one attached hydrogen (secondary N) is 2. The maximum atomic E-state index is 8.82. The molecule has 0 saturated heterocycles. The Morgan fingerprint density at radius 1 is 0.708 bits per heavy atom. The molecule has 0 spiro atoms. The zero-order chi connectivity index (χ0) is 17.0. The maximum Gasteiger partial charge on any atom is 0.122 e. The van der Waals surface area contributed by atoms with Crippen LogP contribution in [-0.4, -0.2) is 49.7 Å². The number of aliphatic hydroxyl groups excluding tert-OH is 2. The predicted molar refractivity (Wildman–Crippen MR) is 95.0 cm³/mol. The number of hydrogen-bond acceptors (Lipinski definition) is 6. The first-order valence-corrected chi connectivity index (χ1v) is 7.97. The molecular weight excluding hydrogens is 308 g/mol. The Bertz CT molecular complexity index is 554. The van der Waals surface area contributed by atoms with E-state index in [4.69, 9.17) is 19.7 Å². The monoisotopic (exact) mass is 332 g/mol. The predicted octanol–water partition coefficient (Wildman–Crippen LogP) is 1.95. The second kappa shape index (κ2) is 10.4. The minimum absolute atomic E-state index is 0.0884. The summed E-state index contributed by atoms with van der Waals surface area (Å²) < 4.78 is 11.3. The number of benzene rings is 2. The van der Waals surface area contributed by atoms with Gasteiger partial charge in [0, 0.05) is 36.6 Å². The molecule has 0 saturated carbocycles. The lowest BCUT2D eigenvalue weighted by molar-refractivity contribution is 0.217. The summed E-state index contributed by atoms with van der Waals surface area (Å²) >= 11 is 0. The number of hydrogen-bond donors (Lipinski definition) is 4. The molecule has 0 fully saturated rings. The van der Waals surface area contributed by atoms with E-state index in [1.54, 1.807) is 0 Å². The van der Waals surface area contributed by atoms with E-state index in [1.165, 1.54) is 0 Å². The fourth-order valence-electron chi connectivity index (χ4n) is 2.11. The average Bonchev–Trinajstić information content (AvgIpc) is 2.62. The van der Waals surface area contributed by atoms with Gasteiger partial charge >= 0.3 is 0 Å². The van der Waals surface area contributed by atoms with E-state index in [1.807, 2.05) is 48.5 Å². The van der Waals surface area contributed by atoms with Gasteiger partial charge in [-0.05, 0) is 24.3 Å². The molecule has 130 valence electrons. The van der Waals surface area contributed by atoms with Gasteiger partial charge in [0.15, 0.2) is 0 Å². The van der Waals surface area contributed by atoms with Gasteiger partial charge in [-0.3, -0.25) is 0 Å². The Labute approximate surface area is 142 Å². The minimum Gasteiger partial charge on any atom is -0.490 e. The molecule has 2 aromatic rings. The summed E-state index contributed by atoms with van der Waals surface area (Å²) in [5, 5.41) is 23.8. The van der Waals surface area contributed by atoms with Crippen LogP contribution in [0.1, 0.15) is 0 Å². The highest BCUT2D eigenvalue weighted by atomic mass is 16.5. The highest BCUT2D eigenvalue weighted by Gasteiger charge is 1.99. The van der Waals surface area contributed by atoms with E-state index in [0.717, 1.165) is 22.9 Å². The van der Waals surface area contributed by atoms with E-state index >= 15 is 0 Å². The van der Waals surface area contributed by atoms with Crippen LogP contribution in [0.5, 0.6) is 11.5 Å². The molecule has 0 unspecified atom stereocenters. The molecule has 0 heterocycles. The molecule has 6 nitrogen and oxygen atoms in total. The molecule has 4 N–H and O–H groups in total. The van der Waals surface area contributed by atoms with Crippen LogP contribution in [0.3, 0.4) is 0 Å². The smallest absolute Gasteiger partial charge is 0.122 e. The Morgan fingerprint density at radius 3 is 1.58 bits per heavy atom. The van der Waals surface area contributed by atoms with Gasteiger partial charge in [-0.2, -0.15) is 0 Å². The first-order valence-electron chi connectivity index (χ1n) is 7.97. The van der Waals surface area contributed by atoms with Crippen molar-refractivity contribution in [2.45, 2.75) is 0 Å². The molecule has 24 heavy (non-hydrogen) atoms. The third kappa shape index (κ3) is 6.36. The largest absolute Gasteiger partial charge is 0.490 e. The van der Waals surface area contributed by atoms with Crippen molar-refractivity contribution in [2.75, 3.05) is 50.2 Å². The van der Waals surface area contributed by atoms with Crippen LogP contribution < -0.4 is 20.1 Å². The van der Waals surface area contributed by atoms with Crippen LogP contribution >= 0.6 is 0 Å². The average molecular weight is 332 g/mol. The summed E-state index contributed by atoms with van der Waals surface area (Å²) in [6, 6.07) is 15.2. The second-order valence-electron chi connectivity index (χ2n) is 5.05. The summed E-state index contributed by atoms with van der Waals surface area (Å²) in [6.45, 7) is 2.05. The van der Waals surface area contributed by atoms with Gasteiger partial charge in [0.25, 0.3) is 0 Å². The van der Waals surface area contributed by atoms with E-state index in [0.29, 0.717) is 26.3 Å². The Morgan fingerprint density at radius 2 is 1.17 bits per heavy atom. The van der Waals surface area contributed by atoms with Crippen molar-refractivity contribution >= 4 is 11.4 Å². The zero-order valence-electron chi connectivity index (χ0n) is 13.6. The molecule has 0 aromatic heterocycles. The van der Waals surface area contributed by atoms with Gasteiger partial charge in [-0.25, -0.2) is 0 Å². The van der Waals surface area contributed by atoms with Gasteiger partial charge in [-0.1, -0.05) is 12.1 Å². The second-order valence-corrected chi connectivity index (χ2v) is 5.05. The van der Waals surface area contributed by atoms with Crippen LogP contribution in [0, 0.1) is 0 Å². The third-order valence-electron chi connectivity index (χ3n) is 3.17. The summed E-state index contributed by atoms with van der Waals surface area (Å²) in [4.78, 5) is 0. The molecule has 0 atom stereocenters. The summed E-state index contributed by atoms with van der Waals surface area (Å²) in [6.07, 6.45) is 0. The summed E-state index contributed by atoms with van der Waals surface area (Å²) in [5.74, 6) is 1.50. The molecule has 0 bridgehead atoms. The molecule has 6 heteroatoms. The van der Waals surface area contributed by atoms with Crippen molar-refractivity contribution in [1.82, 2.24) is 0 Å². The van der Waals surface area contributed by atoms with Crippen molar-refractivity contribution < 1.29 is 19.7 Å². The number of anilines is 2. The van der Waals surface area contributed by atoms with Crippen LogP contribution in [0.25, 0.3) is 0 Å². The number of ether oxygens (including phenoxy) is 2. The fourth-order valence-corrected chi connectivity index (χ4v) is 2.11. The normalized spacial score (nSPS) is 10.2. The first kappa shape index (κ1) is 17.9. The fraction of sp³-hybridized carbons (Fsp3) is 0.333. The molecule has 0 aliphatic heterocycles. The Kier molecular flexibility index (Phi) is 7.73. The van der Waals surface area contributed by atoms with Gasteiger partial charge in [0.1, 0.15) is 24.7 Å². The maximum absolute atomic E-state index is 8.82. The van der Waals surface area contributed by atoms with Gasteiger partial charge in [0.05, 0.1) is 13.2 Å². The van der Waals surface area contributed by atoms with Crippen molar-refractivity contribution in [3.8, 4) is 11.5 Å². The summed E-state index contributed by atoms with van der Waals surface area (Å²) in [7, 11) is 0. The lowest BCUT2D eigenvalue weighted by atomic mass is 10.3. The summed E-state index contributed by atoms with van der Waals surface area (Å²) in [5.41, 5.74) is 1.82. The quantitative estimate of drug-likeness (QED) is 0.471. The molecule has 0 radical (unpaired) electrons. The molecule has 2 rings (SSSR count). The SMILES string of the molecule is OCCNc1cccc(OCCOc2cccc(NCCO)c2)c1. The van der Waals surface area contributed by atoms with Crippen molar-refractivity contribution in [3.63, 3.8) is 0 Å². The van der Waals surface area contributed by atoms with Crippen LogP contribution in [0.2, 0.25) is 0 Å². The lowest BCUT2D eigenvalue weighted by Gasteiger charge is -2.11. The molecular formula is C18H24N2O4. The van der Waals surface area contributed by atoms with Gasteiger partial charge in [0.2, 0.25) is 0 Å². The topological polar surface area (TPSA) is 83.0 Å². The van der Waals surface area contributed by atoms with Crippen molar-refractivity contribution in [1.29, 1.82) is 0 Å². The molecule has 0 aliphatic carbocycles. The highest BCUT2D eigenvalue weighted by Crippen LogP contribution is 2.18. The standard InChI is InChI=1S/C18H24N2O4/c21-9-7-19-15-3-1-5-17(13-15)23-11-12-24-18-6-2-4-16(14-18)20-8-10-22/h1-6,13-14,19-22H,7-12H2. The number of aliphatic hydroxyl groups is 2. The Hall–Kier alpha value is -2.44. The Balaban J connectivity index is 1.74. The highest BCUT2D eigenvalue weighted by molar-refractivity contribution is 5.48. The van der Waals surface area contributed by atoms with E-state index < -0.39 is 0 Å². The third-order valence-corrected chi connectivity index (χ3v) is 3.17. The van der Waals surface area contributed by atoms with Gasteiger partial charge < -0.3 is 30.3 Å². The minimum atomic E-state index is 0.0884. The van der Waals surface area contributed by atoms with E-state index in [9.17, 15) is 0 Å². The van der Waals surface area contributed by atoms with E-state index in [-0.39, 0.29) is 13.2 Å². The molecule has 0 amide bonds. The number of rotatable bonds is 11. The molecule has 0 aliphatic rings. The molecule has 2 aromatic carbocycles. The van der Waals surface area contributed by atoms with Crippen LogP contribution in [0.15, 0.2) is 48.5 Å². The first-order chi connectivity index (χ1) is 11.8. The van der Waals surface area contributed by atoms with Crippen LogP contribution in [0.4, 0.5) is 11.4 Å². The lowest BCUT2D eigenvalue weighted by Crippen LogP contribution is -2.10. The van der Waals surface area contributed by atoms with Crippen molar-refractivity contribution in [3.05, 3.63) is 48.5 Å². The van der Waals surface area contributed by atoms with E-state index in [2.05, 4.69) is 10.6 Å². The zero-order valence-corrected chi connectivity index (χ0v) is 13.6. The van der Waals surface area contributed by atoms with Gasteiger partial charge in [-0.15, -0.1) is 0 Å². The van der Waals surface area contributed by atoms with Crippen molar-refractivity contribution in [2.24, 2.45) is 0 Å².